The zero-order chi connectivity index (χ0) is 59.0. The highest BCUT2D eigenvalue weighted by molar-refractivity contribution is 7.22. The predicted octanol–water partition coefficient (Wildman–Crippen LogP) is 11.8. The zero-order valence-electron chi connectivity index (χ0n) is 48.5. The number of likely N-dealkylation sites (N-methyl/N-ethyl adjacent to an activating group) is 4. The lowest BCUT2D eigenvalue weighted by Gasteiger charge is -2.13. The monoisotopic (exact) mass is 1140 g/mol. The normalized spacial score (nSPS) is 12.2. The molecule has 0 radical (unpaired) electrons. The van der Waals surface area contributed by atoms with Crippen LogP contribution >= 0.6 is 22.7 Å². The molecule has 0 bridgehead atoms. The molecule has 9 aromatic rings. The van der Waals surface area contributed by atoms with Crippen LogP contribution < -0.4 is 30.7 Å². The number of nitrogens with one attached hydrogen (secondary N) is 4. The number of aromatic nitrogens is 3. The Morgan fingerprint density at radius 2 is 0.939 bits per heavy atom. The molecule has 4 atom stereocenters. The number of thiophene rings is 2. The smallest absolute Gasteiger partial charge is 0.319 e. The summed E-state index contributed by atoms with van der Waals surface area (Å²) in [6, 6.07) is 49.7. The summed E-state index contributed by atoms with van der Waals surface area (Å²) < 4.78 is 11.6. The molecule has 15 heteroatoms. The van der Waals surface area contributed by atoms with Crippen molar-refractivity contribution in [2.75, 3.05) is 42.4 Å². The number of nitrogens with zero attached hydrogens (tertiary/aromatic N) is 3. The summed E-state index contributed by atoms with van der Waals surface area (Å²) in [6.07, 6.45) is 8.14. The third-order valence-electron chi connectivity index (χ3n) is 13.9. The molecule has 0 saturated carbocycles. The van der Waals surface area contributed by atoms with Gasteiger partial charge in [0, 0.05) is 28.2 Å². The number of hydrogen-bond donors (Lipinski definition) is 4. The maximum Gasteiger partial charge on any atom is 0.319 e. The Kier molecular flexibility index (Phi) is 25.1. The highest BCUT2D eigenvalue weighted by Crippen LogP contribution is 2.34. The van der Waals surface area contributed by atoms with Gasteiger partial charge in [0.25, 0.3) is 0 Å². The Morgan fingerprint density at radius 1 is 0.488 bits per heavy atom. The van der Waals surface area contributed by atoms with Crippen LogP contribution in [0.15, 0.2) is 175 Å². The SMILES string of the molecule is CN[C@@H](Cc1ccc(-c2cc3ccccc3s2)cc1)C(C)=O.CN[C@@H](Cc1ccc(-c2cccnc2)cc1)C(C)=O.CN[C@@H](Cc1ccc(-c2ccsc2)cc1)C(C)=O.CN[C@@H](Cc1ccc(-c2cnc(OC)nc2OC)cc1)C(C)=O. The van der Waals surface area contributed by atoms with E-state index in [0.29, 0.717) is 12.3 Å². The molecule has 4 heterocycles. The van der Waals surface area contributed by atoms with Crippen molar-refractivity contribution in [2.24, 2.45) is 0 Å². The summed E-state index contributed by atoms with van der Waals surface area (Å²) in [5.41, 5.74) is 12.3. The van der Waals surface area contributed by atoms with Gasteiger partial charge in [0.15, 0.2) is 0 Å². The first kappa shape index (κ1) is 63.3. The molecule has 13 nitrogen and oxygen atoms in total. The van der Waals surface area contributed by atoms with E-state index in [0.717, 1.165) is 52.6 Å². The third kappa shape index (κ3) is 18.8. The molecule has 82 heavy (non-hydrogen) atoms. The first-order valence-corrected chi connectivity index (χ1v) is 28.9. The molecular weight excluding hydrogens is 1060 g/mol. The fourth-order valence-corrected chi connectivity index (χ4v) is 10.7. The first-order chi connectivity index (χ1) is 39.7. The van der Waals surface area contributed by atoms with E-state index in [1.165, 1.54) is 49.9 Å². The first-order valence-electron chi connectivity index (χ1n) is 27.1. The van der Waals surface area contributed by atoms with Gasteiger partial charge in [0.05, 0.1) is 44.0 Å². The van der Waals surface area contributed by atoms with Crippen molar-refractivity contribution in [3.63, 3.8) is 0 Å². The number of Topliss-reactive ketones (excluding diaryl/α,β-unsaturated/α-hetero) is 4. The molecule has 0 spiro atoms. The van der Waals surface area contributed by atoms with Crippen molar-refractivity contribution in [3.05, 3.63) is 197 Å². The summed E-state index contributed by atoms with van der Waals surface area (Å²) in [5, 5.41) is 17.7. The Hall–Kier alpha value is -7.89. The summed E-state index contributed by atoms with van der Waals surface area (Å²) in [5.74, 6) is 1.11. The second-order valence-corrected chi connectivity index (χ2v) is 21.5. The summed E-state index contributed by atoms with van der Waals surface area (Å²) in [6.45, 7) is 6.47. The molecule has 0 aliphatic heterocycles. The van der Waals surface area contributed by atoms with Crippen LogP contribution in [-0.4, -0.2) is 105 Å². The Morgan fingerprint density at radius 3 is 1.33 bits per heavy atom. The number of benzene rings is 5. The molecule has 0 unspecified atom stereocenters. The third-order valence-corrected chi connectivity index (χ3v) is 15.8. The molecule has 0 aliphatic rings. The van der Waals surface area contributed by atoms with Gasteiger partial charge in [-0.15, -0.1) is 11.3 Å². The second kappa shape index (κ2) is 32.5. The maximum absolute atomic E-state index is 11.5. The standard InChI is InChI=1S/C19H19NOS.C17H21N3O3.C16H18N2O.C15H17NOS/c1-13(21)17(20-2)11-14-7-9-15(10-8-14)19-12-16-5-3-4-6-18(16)22-19;1-11(21)15(18-2)9-12-5-7-13(8-6-12)14-10-19-17(23-4)20-16(14)22-3;1-12(19)16(17-2)10-13-5-7-14(8-6-13)15-4-3-9-18-11-15;1-11(17)15(16-2)9-12-3-5-13(6-4-12)14-7-8-18-10-14/h3-10,12,17,20H,11H2,1-2H3;5-8,10,15,18H,9H2,1-4H3;3-9,11,16-17H,10H2,1-2H3;3-8,10,15-16H,9H2,1-2H3/t17-;15-;16-;15-/m0000/s1. The Labute approximate surface area is 491 Å². The van der Waals surface area contributed by atoms with Gasteiger partial charge in [-0.25, -0.2) is 4.98 Å². The molecule has 9 rings (SSSR count). The number of fused-ring (bicyclic) bond motifs is 1. The molecule has 4 aromatic heterocycles. The molecule has 5 aromatic carbocycles. The van der Waals surface area contributed by atoms with Crippen molar-refractivity contribution in [2.45, 2.75) is 77.5 Å². The summed E-state index contributed by atoms with van der Waals surface area (Å²) >= 11 is 3.52. The van der Waals surface area contributed by atoms with Gasteiger partial charge in [0.1, 0.15) is 23.1 Å². The highest BCUT2D eigenvalue weighted by Gasteiger charge is 2.17. The van der Waals surface area contributed by atoms with Crippen LogP contribution in [0.25, 0.3) is 53.9 Å². The Bertz CT molecular complexity index is 3380. The van der Waals surface area contributed by atoms with Gasteiger partial charge in [0.2, 0.25) is 5.88 Å². The van der Waals surface area contributed by atoms with Gasteiger partial charge < -0.3 is 30.7 Å². The van der Waals surface area contributed by atoms with Crippen LogP contribution in [-0.2, 0) is 44.9 Å². The summed E-state index contributed by atoms with van der Waals surface area (Å²) in [4.78, 5) is 59.5. The van der Waals surface area contributed by atoms with Gasteiger partial charge in [-0.2, -0.15) is 16.3 Å². The quantitative estimate of drug-likeness (QED) is 0.0505. The van der Waals surface area contributed by atoms with E-state index in [9.17, 15) is 19.2 Å². The minimum atomic E-state index is -0.167. The van der Waals surface area contributed by atoms with Crippen LogP contribution in [0.4, 0.5) is 0 Å². The molecule has 0 aliphatic carbocycles. The maximum atomic E-state index is 11.5. The number of ether oxygens (including phenoxy) is 2. The van der Waals surface area contributed by atoms with Crippen molar-refractivity contribution >= 4 is 55.9 Å². The number of hydrogen-bond acceptors (Lipinski definition) is 15. The van der Waals surface area contributed by atoms with Crippen LogP contribution in [0.2, 0.25) is 0 Å². The number of carbonyl (C=O) groups excluding carboxylic acids is 4. The predicted molar refractivity (Wildman–Crippen MR) is 336 cm³/mol. The minimum absolute atomic E-state index is 0.0861. The molecule has 0 amide bonds. The lowest BCUT2D eigenvalue weighted by Crippen LogP contribution is -2.34. The van der Waals surface area contributed by atoms with E-state index in [4.69, 9.17) is 9.47 Å². The van der Waals surface area contributed by atoms with Gasteiger partial charge >= 0.3 is 6.01 Å². The topological polar surface area (TPSA) is 174 Å². The van der Waals surface area contributed by atoms with Gasteiger partial charge in [-0.3, -0.25) is 24.2 Å². The van der Waals surface area contributed by atoms with Crippen LogP contribution in [0.1, 0.15) is 49.9 Å². The molecule has 426 valence electrons. The van der Waals surface area contributed by atoms with Gasteiger partial charge in [-0.05, 0) is 178 Å². The lowest BCUT2D eigenvalue weighted by atomic mass is 10.00. The van der Waals surface area contributed by atoms with E-state index in [1.807, 2.05) is 75.1 Å². The van der Waals surface area contributed by atoms with Crippen LogP contribution in [0, 0.1) is 0 Å². The van der Waals surface area contributed by atoms with Crippen molar-refractivity contribution in [1.82, 2.24) is 36.2 Å². The minimum Gasteiger partial charge on any atom is -0.480 e. The fraction of sp³-hybridized carbons (Fsp3) is 0.269. The number of carbonyl (C=O) groups is 4. The summed E-state index contributed by atoms with van der Waals surface area (Å²) in [7, 11) is 10.3. The molecular formula is C67H75N7O6S2. The number of rotatable bonds is 22. The Balaban J connectivity index is 0.000000177. The largest absolute Gasteiger partial charge is 0.480 e. The zero-order valence-corrected chi connectivity index (χ0v) is 50.1. The van der Waals surface area contributed by atoms with E-state index in [-0.39, 0.29) is 53.3 Å². The average molecular weight is 1140 g/mol. The van der Waals surface area contributed by atoms with Crippen molar-refractivity contribution in [3.8, 4) is 55.7 Å². The van der Waals surface area contributed by atoms with E-state index < -0.39 is 0 Å². The van der Waals surface area contributed by atoms with Crippen LogP contribution in [0.5, 0.6) is 11.9 Å². The number of ketones is 4. The van der Waals surface area contributed by atoms with E-state index >= 15 is 0 Å². The van der Waals surface area contributed by atoms with Gasteiger partial charge in [-0.1, -0.05) is 121 Å². The highest BCUT2D eigenvalue weighted by atomic mass is 32.1. The molecule has 4 N–H and O–H groups in total. The second-order valence-electron chi connectivity index (χ2n) is 19.6. The van der Waals surface area contributed by atoms with Crippen molar-refractivity contribution < 1.29 is 28.7 Å². The molecule has 0 fully saturated rings. The van der Waals surface area contributed by atoms with Crippen molar-refractivity contribution in [1.29, 1.82) is 0 Å². The number of methoxy groups -OCH3 is 2. The van der Waals surface area contributed by atoms with E-state index in [2.05, 4.69) is 156 Å². The average Bonchev–Trinajstić information content (AvgIpc) is 4.30. The fourth-order valence-electron chi connectivity index (χ4n) is 8.92. The number of pyridine rings is 1. The van der Waals surface area contributed by atoms with Crippen LogP contribution in [0.3, 0.4) is 0 Å². The molecule has 0 saturated heterocycles. The van der Waals surface area contributed by atoms with E-state index in [1.54, 1.807) is 65.6 Å². The lowest BCUT2D eigenvalue weighted by molar-refractivity contribution is -0.119.